The van der Waals surface area contributed by atoms with Gasteiger partial charge in [-0.3, -0.25) is 0 Å². The summed E-state index contributed by atoms with van der Waals surface area (Å²) in [7, 11) is 0. The van der Waals surface area contributed by atoms with Crippen LogP contribution in [0.4, 0.5) is 4.39 Å². The minimum absolute atomic E-state index is 0.0575. The lowest BCUT2D eigenvalue weighted by Crippen LogP contribution is -2.19. The van der Waals surface area contributed by atoms with E-state index in [1.165, 1.54) is 0 Å². The summed E-state index contributed by atoms with van der Waals surface area (Å²) in [5, 5.41) is 18.1. The Balaban J connectivity index is 2.57. The normalized spacial score (nSPS) is 15.5. The lowest BCUT2D eigenvalue weighted by Gasteiger charge is -2.22. The molecule has 0 bridgehead atoms. The van der Waals surface area contributed by atoms with Crippen molar-refractivity contribution in [3.05, 3.63) is 21.9 Å². The zero-order chi connectivity index (χ0) is 12.6. The molecule has 1 atom stereocenters. The topological polar surface area (TPSA) is 76.0 Å². The molecule has 1 heterocycles. The van der Waals surface area contributed by atoms with E-state index in [4.69, 9.17) is 14.6 Å². The highest BCUT2D eigenvalue weighted by Gasteiger charge is 2.29. The highest BCUT2D eigenvalue weighted by Crippen LogP contribution is 2.43. The van der Waals surface area contributed by atoms with E-state index in [1.807, 2.05) is 0 Å². The van der Waals surface area contributed by atoms with Crippen LogP contribution < -0.4 is 9.47 Å². The van der Waals surface area contributed by atoms with Gasteiger partial charge in [-0.25, -0.2) is 9.18 Å². The van der Waals surface area contributed by atoms with Gasteiger partial charge < -0.3 is 19.7 Å². The Morgan fingerprint density at radius 3 is 2.76 bits per heavy atom. The molecular formula is C10H8BrFO5. The maximum atomic E-state index is 13.7. The average molecular weight is 307 g/mol. The molecule has 1 aliphatic heterocycles. The Kier molecular flexibility index (Phi) is 3.21. The van der Waals surface area contributed by atoms with Crippen molar-refractivity contribution in [1.82, 2.24) is 0 Å². The van der Waals surface area contributed by atoms with Gasteiger partial charge in [0, 0.05) is 11.6 Å². The molecule has 92 valence electrons. The number of carboxylic acids is 1. The van der Waals surface area contributed by atoms with Gasteiger partial charge in [-0.15, -0.1) is 0 Å². The molecule has 1 aromatic carbocycles. The number of ether oxygens (including phenoxy) is 2. The SMILES string of the molecule is O=C(O)C(O)c1c(F)cc2c(c1Br)OCCO2. The molecule has 1 aromatic rings. The first kappa shape index (κ1) is 12.1. The smallest absolute Gasteiger partial charge is 0.337 e. The molecule has 0 spiro atoms. The molecule has 1 unspecified atom stereocenters. The van der Waals surface area contributed by atoms with Crippen LogP contribution >= 0.6 is 15.9 Å². The minimum atomic E-state index is -1.96. The number of benzene rings is 1. The van der Waals surface area contributed by atoms with Crippen LogP contribution in [0.3, 0.4) is 0 Å². The zero-order valence-electron chi connectivity index (χ0n) is 8.44. The molecule has 5 nitrogen and oxygen atoms in total. The summed E-state index contributed by atoms with van der Waals surface area (Å²) in [5.74, 6) is -2.02. The van der Waals surface area contributed by atoms with Gasteiger partial charge in [0.15, 0.2) is 17.6 Å². The number of aliphatic hydroxyl groups excluding tert-OH is 1. The molecule has 0 saturated heterocycles. The Hall–Kier alpha value is -1.34. The van der Waals surface area contributed by atoms with Crippen LogP contribution in [0.25, 0.3) is 0 Å². The van der Waals surface area contributed by atoms with Gasteiger partial charge >= 0.3 is 5.97 Å². The Morgan fingerprint density at radius 2 is 2.12 bits per heavy atom. The van der Waals surface area contributed by atoms with Crippen molar-refractivity contribution in [3.8, 4) is 11.5 Å². The van der Waals surface area contributed by atoms with Crippen molar-refractivity contribution >= 4 is 21.9 Å². The maximum Gasteiger partial charge on any atom is 0.337 e. The highest BCUT2D eigenvalue weighted by atomic mass is 79.9. The molecule has 7 heteroatoms. The number of carbonyl (C=O) groups is 1. The van der Waals surface area contributed by atoms with E-state index in [9.17, 15) is 14.3 Å². The quantitative estimate of drug-likeness (QED) is 0.865. The number of carboxylic acid groups (broad SMARTS) is 1. The van der Waals surface area contributed by atoms with Crippen LogP contribution in [-0.4, -0.2) is 29.4 Å². The minimum Gasteiger partial charge on any atom is -0.486 e. The maximum absolute atomic E-state index is 13.7. The first-order valence-corrected chi connectivity index (χ1v) is 5.50. The van der Waals surface area contributed by atoms with E-state index in [2.05, 4.69) is 15.9 Å². The van der Waals surface area contributed by atoms with Crippen LogP contribution in [0.15, 0.2) is 10.5 Å². The number of halogens is 2. The molecule has 2 N–H and O–H groups in total. The van der Waals surface area contributed by atoms with Crippen LogP contribution in [0.2, 0.25) is 0 Å². The zero-order valence-corrected chi connectivity index (χ0v) is 10.0. The second-order valence-electron chi connectivity index (χ2n) is 3.35. The van der Waals surface area contributed by atoms with Gasteiger partial charge in [0.25, 0.3) is 0 Å². The number of hydrogen-bond donors (Lipinski definition) is 2. The van der Waals surface area contributed by atoms with Gasteiger partial charge in [0.05, 0.1) is 4.47 Å². The van der Waals surface area contributed by atoms with Gasteiger partial charge in [-0.2, -0.15) is 0 Å². The second kappa shape index (κ2) is 4.50. The van der Waals surface area contributed by atoms with Crippen molar-refractivity contribution in [2.75, 3.05) is 13.2 Å². The van der Waals surface area contributed by atoms with Crippen LogP contribution in [0.1, 0.15) is 11.7 Å². The monoisotopic (exact) mass is 306 g/mol. The molecule has 0 amide bonds. The molecule has 0 radical (unpaired) electrons. The number of aliphatic carboxylic acids is 1. The molecule has 0 aromatic heterocycles. The van der Waals surface area contributed by atoms with Gasteiger partial charge in [0.2, 0.25) is 0 Å². The summed E-state index contributed by atoms with van der Waals surface area (Å²) in [6.07, 6.45) is -1.96. The molecule has 0 aliphatic carbocycles. The Morgan fingerprint density at radius 1 is 1.47 bits per heavy atom. The van der Waals surface area contributed by atoms with Crippen LogP contribution in [0.5, 0.6) is 11.5 Å². The first-order chi connectivity index (χ1) is 8.02. The summed E-state index contributed by atoms with van der Waals surface area (Å²) in [4.78, 5) is 10.7. The van der Waals surface area contributed by atoms with E-state index in [1.54, 1.807) is 0 Å². The summed E-state index contributed by atoms with van der Waals surface area (Å²) < 4.78 is 24.1. The van der Waals surface area contributed by atoms with E-state index in [0.717, 1.165) is 6.07 Å². The fourth-order valence-corrected chi connectivity index (χ4v) is 2.22. The predicted molar refractivity (Wildman–Crippen MR) is 57.7 cm³/mol. The number of fused-ring (bicyclic) bond motifs is 1. The van der Waals surface area contributed by atoms with E-state index >= 15 is 0 Å². The Bertz CT molecular complexity index is 476. The fourth-order valence-electron chi connectivity index (χ4n) is 1.50. The first-order valence-electron chi connectivity index (χ1n) is 4.70. The third-order valence-electron chi connectivity index (χ3n) is 2.27. The van der Waals surface area contributed by atoms with Gasteiger partial charge in [0.1, 0.15) is 19.0 Å². The van der Waals surface area contributed by atoms with Crippen molar-refractivity contribution in [2.45, 2.75) is 6.10 Å². The van der Waals surface area contributed by atoms with Crippen molar-refractivity contribution in [2.24, 2.45) is 0 Å². The molecule has 2 rings (SSSR count). The Labute approximate surface area is 104 Å². The number of rotatable bonds is 2. The van der Waals surface area contributed by atoms with E-state index in [-0.39, 0.29) is 28.1 Å². The third kappa shape index (κ3) is 2.07. The average Bonchev–Trinajstić information content (AvgIpc) is 2.28. The highest BCUT2D eigenvalue weighted by molar-refractivity contribution is 9.10. The van der Waals surface area contributed by atoms with Crippen molar-refractivity contribution in [3.63, 3.8) is 0 Å². The van der Waals surface area contributed by atoms with Crippen LogP contribution in [0, 0.1) is 5.82 Å². The predicted octanol–water partition coefficient (Wildman–Crippen LogP) is 1.48. The van der Waals surface area contributed by atoms with Gasteiger partial charge in [-0.05, 0) is 15.9 Å². The largest absolute Gasteiger partial charge is 0.486 e. The van der Waals surface area contributed by atoms with Crippen molar-refractivity contribution in [1.29, 1.82) is 0 Å². The molecule has 0 fully saturated rings. The fraction of sp³-hybridized carbons (Fsp3) is 0.300. The summed E-state index contributed by atoms with van der Waals surface area (Å²) in [6.45, 7) is 0.569. The van der Waals surface area contributed by atoms with Gasteiger partial charge in [-0.1, -0.05) is 0 Å². The van der Waals surface area contributed by atoms with Crippen molar-refractivity contribution < 1.29 is 28.9 Å². The number of aliphatic hydroxyl groups is 1. The van der Waals surface area contributed by atoms with E-state index in [0.29, 0.717) is 6.61 Å². The third-order valence-corrected chi connectivity index (χ3v) is 3.06. The van der Waals surface area contributed by atoms with E-state index < -0.39 is 17.9 Å². The standard InChI is InChI=1S/C10H8BrFO5/c11-7-6(8(13)10(14)15)4(12)3-5-9(7)17-2-1-16-5/h3,8,13H,1-2H2,(H,14,15). The molecule has 1 aliphatic rings. The van der Waals surface area contributed by atoms with Crippen LogP contribution in [-0.2, 0) is 4.79 Å². The lowest BCUT2D eigenvalue weighted by molar-refractivity contribution is -0.147. The summed E-state index contributed by atoms with van der Waals surface area (Å²) >= 11 is 3.02. The molecular weight excluding hydrogens is 299 g/mol. The summed E-state index contributed by atoms with van der Waals surface area (Å²) in [6, 6.07) is 1.00. The summed E-state index contributed by atoms with van der Waals surface area (Å²) in [5.41, 5.74) is -0.373. The molecule has 0 saturated carbocycles. The number of hydrogen-bond acceptors (Lipinski definition) is 4. The lowest BCUT2D eigenvalue weighted by atomic mass is 10.1. The molecule has 17 heavy (non-hydrogen) atoms. The second-order valence-corrected chi connectivity index (χ2v) is 4.14.